The number of nitrogens with zero attached hydrogens (tertiary/aromatic N) is 1. The summed E-state index contributed by atoms with van der Waals surface area (Å²) in [6.07, 6.45) is 1.94. The van der Waals surface area contributed by atoms with Crippen molar-refractivity contribution >= 4 is 16.6 Å². The molecule has 0 aromatic rings. The van der Waals surface area contributed by atoms with Crippen LogP contribution in [-0.2, 0) is 15.6 Å². The SMILES string of the molecule is CC1CC(=O)C(CN2CCS(=O)CC2)C(C)C1. The normalized spacial score (nSPS) is 37.3. The summed E-state index contributed by atoms with van der Waals surface area (Å²) in [6.45, 7) is 7.08. The highest BCUT2D eigenvalue weighted by Crippen LogP contribution is 2.31. The van der Waals surface area contributed by atoms with Gasteiger partial charge in [-0.3, -0.25) is 9.00 Å². The largest absolute Gasteiger partial charge is 0.301 e. The Morgan fingerprint density at radius 1 is 1.29 bits per heavy atom. The molecule has 0 aromatic carbocycles. The quantitative estimate of drug-likeness (QED) is 0.748. The van der Waals surface area contributed by atoms with Gasteiger partial charge in [-0.1, -0.05) is 13.8 Å². The number of Topliss-reactive ketones (excluding diaryl/α,β-unsaturated/α-hetero) is 1. The predicted octanol–water partition coefficient (Wildman–Crippen LogP) is 1.30. The zero-order valence-electron chi connectivity index (χ0n) is 10.9. The predicted molar refractivity (Wildman–Crippen MR) is 70.4 cm³/mol. The lowest BCUT2D eigenvalue weighted by atomic mass is 9.74. The van der Waals surface area contributed by atoms with E-state index in [0.29, 0.717) is 17.6 Å². The summed E-state index contributed by atoms with van der Waals surface area (Å²) in [5.41, 5.74) is 0. The molecule has 2 rings (SSSR count). The van der Waals surface area contributed by atoms with Gasteiger partial charge >= 0.3 is 0 Å². The molecule has 1 saturated carbocycles. The Bertz CT molecular complexity index is 309. The Hall–Kier alpha value is -0.220. The molecule has 3 unspecified atom stereocenters. The lowest BCUT2D eigenvalue weighted by molar-refractivity contribution is -0.128. The average molecular weight is 257 g/mol. The average Bonchev–Trinajstić information content (AvgIpc) is 2.26. The summed E-state index contributed by atoms with van der Waals surface area (Å²) < 4.78 is 11.3. The Labute approximate surface area is 106 Å². The zero-order chi connectivity index (χ0) is 12.4. The highest BCUT2D eigenvalue weighted by Gasteiger charge is 2.33. The molecule has 0 bridgehead atoms. The van der Waals surface area contributed by atoms with E-state index >= 15 is 0 Å². The van der Waals surface area contributed by atoms with E-state index in [0.717, 1.165) is 37.6 Å². The lowest BCUT2D eigenvalue weighted by Gasteiger charge is -2.36. The van der Waals surface area contributed by atoms with Crippen LogP contribution in [0.25, 0.3) is 0 Å². The van der Waals surface area contributed by atoms with Gasteiger partial charge < -0.3 is 4.90 Å². The van der Waals surface area contributed by atoms with Gasteiger partial charge in [0.25, 0.3) is 0 Å². The number of ketones is 1. The topological polar surface area (TPSA) is 37.4 Å². The lowest BCUT2D eigenvalue weighted by Crippen LogP contribution is -2.45. The van der Waals surface area contributed by atoms with E-state index in [2.05, 4.69) is 18.7 Å². The molecule has 0 amide bonds. The van der Waals surface area contributed by atoms with E-state index < -0.39 is 10.8 Å². The minimum Gasteiger partial charge on any atom is -0.301 e. The van der Waals surface area contributed by atoms with Gasteiger partial charge in [-0.05, 0) is 18.3 Å². The maximum absolute atomic E-state index is 12.1. The number of carbonyl (C=O) groups is 1. The van der Waals surface area contributed by atoms with Gasteiger partial charge in [-0.15, -0.1) is 0 Å². The molecule has 1 aliphatic heterocycles. The fraction of sp³-hybridized carbons (Fsp3) is 0.923. The molecular formula is C13H23NO2S. The van der Waals surface area contributed by atoms with Crippen LogP contribution in [-0.4, -0.2) is 46.0 Å². The van der Waals surface area contributed by atoms with Crippen molar-refractivity contribution in [3.63, 3.8) is 0 Å². The molecule has 1 heterocycles. The molecule has 98 valence electrons. The first-order chi connectivity index (χ1) is 8.06. The molecule has 3 nitrogen and oxygen atoms in total. The van der Waals surface area contributed by atoms with Crippen LogP contribution in [0.15, 0.2) is 0 Å². The highest BCUT2D eigenvalue weighted by molar-refractivity contribution is 7.85. The molecule has 0 aromatic heterocycles. The summed E-state index contributed by atoms with van der Waals surface area (Å²) in [4.78, 5) is 14.4. The van der Waals surface area contributed by atoms with E-state index in [1.165, 1.54) is 6.42 Å². The highest BCUT2D eigenvalue weighted by atomic mass is 32.2. The molecule has 0 radical (unpaired) electrons. The molecule has 4 heteroatoms. The summed E-state index contributed by atoms with van der Waals surface area (Å²) in [6, 6.07) is 0. The molecular weight excluding hydrogens is 234 g/mol. The van der Waals surface area contributed by atoms with Crippen LogP contribution in [0.2, 0.25) is 0 Å². The molecule has 1 saturated heterocycles. The molecule has 2 aliphatic rings. The fourth-order valence-electron chi connectivity index (χ4n) is 3.11. The Balaban J connectivity index is 1.89. The van der Waals surface area contributed by atoms with E-state index in [1.807, 2.05) is 0 Å². The minimum atomic E-state index is -0.617. The minimum absolute atomic E-state index is 0.220. The van der Waals surface area contributed by atoms with Gasteiger partial charge in [0, 0.05) is 54.3 Å². The second kappa shape index (κ2) is 5.61. The summed E-state index contributed by atoms with van der Waals surface area (Å²) in [5, 5.41) is 0. The van der Waals surface area contributed by atoms with Gasteiger partial charge in [0.05, 0.1) is 0 Å². The maximum atomic E-state index is 12.1. The van der Waals surface area contributed by atoms with Crippen molar-refractivity contribution in [1.29, 1.82) is 0 Å². The van der Waals surface area contributed by atoms with Gasteiger partial charge in [0.2, 0.25) is 0 Å². The van der Waals surface area contributed by atoms with Crippen LogP contribution < -0.4 is 0 Å². The monoisotopic (exact) mass is 257 g/mol. The van der Waals surface area contributed by atoms with Gasteiger partial charge in [-0.25, -0.2) is 0 Å². The van der Waals surface area contributed by atoms with Gasteiger partial charge in [0.1, 0.15) is 5.78 Å². The van der Waals surface area contributed by atoms with Gasteiger partial charge in [0.15, 0.2) is 0 Å². The van der Waals surface area contributed by atoms with E-state index in [4.69, 9.17) is 0 Å². The molecule has 17 heavy (non-hydrogen) atoms. The van der Waals surface area contributed by atoms with Crippen LogP contribution in [0.4, 0.5) is 0 Å². The number of carbonyl (C=O) groups excluding carboxylic acids is 1. The van der Waals surface area contributed by atoms with E-state index in [1.54, 1.807) is 0 Å². The van der Waals surface area contributed by atoms with Gasteiger partial charge in [-0.2, -0.15) is 0 Å². The zero-order valence-corrected chi connectivity index (χ0v) is 11.7. The first-order valence-corrected chi connectivity index (χ1v) is 8.15. The van der Waals surface area contributed by atoms with Crippen LogP contribution in [0, 0.1) is 17.8 Å². The summed E-state index contributed by atoms with van der Waals surface area (Å²) in [7, 11) is -0.617. The standard InChI is InChI=1S/C13H23NO2S/c1-10-7-11(2)12(13(15)8-10)9-14-3-5-17(16)6-4-14/h10-12H,3-9H2,1-2H3. The molecule has 3 atom stereocenters. The molecule has 2 fully saturated rings. The summed E-state index contributed by atoms with van der Waals surface area (Å²) >= 11 is 0. The third-order valence-corrected chi connectivity index (χ3v) is 5.43. The summed E-state index contributed by atoms with van der Waals surface area (Å²) in [5.74, 6) is 3.30. The van der Waals surface area contributed by atoms with Crippen molar-refractivity contribution in [2.24, 2.45) is 17.8 Å². The van der Waals surface area contributed by atoms with Crippen molar-refractivity contribution in [3.05, 3.63) is 0 Å². The third kappa shape index (κ3) is 3.38. The fourth-order valence-corrected chi connectivity index (χ4v) is 4.24. The second-order valence-corrected chi connectivity index (χ2v) is 7.44. The van der Waals surface area contributed by atoms with Crippen LogP contribution in [0.5, 0.6) is 0 Å². The van der Waals surface area contributed by atoms with Crippen LogP contribution in [0.3, 0.4) is 0 Å². The van der Waals surface area contributed by atoms with Crippen LogP contribution >= 0.6 is 0 Å². The van der Waals surface area contributed by atoms with Crippen LogP contribution in [0.1, 0.15) is 26.7 Å². The molecule has 0 N–H and O–H groups in total. The Morgan fingerprint density at radius 3 is 2.53 bits per heavy atom. The van der Waals surface area contributed by atoms with E-state index in [-0.39, 0.29) is 5.92 Å². The third-order valence-electron chi connectivity index (χ3n) is 4.15. The second-order valence-electron chi connectivity index (χ2n) is 5.74. The van der Waals surface area contributed by atoms with Crippen molar-refractivity contribution < 1.29 is 9.00 Å². The maximum Gasteiger partial charge on any atom is 0.137 e. The van der Waals surface area contributed by atoms with Crippen molar-refractivity contribution in [2.75, 3.05) is 31.1 Å². The molecule has 1 aliphatic carbocycles. The first-order valence-electron chi connectivity index (χ1n) is 6.66. The molecule has 0 spiro atoms. The smallest absolute Gasteiger partial charge is 0.137 e. The number of rotatable bonds is 2. The number of hydrogen-bond donors (Lipinski definition) is 0. The van der Waals surface area contributed by atoms with E-state index in [9.17, 15) is 9.00 Å². The first kappa shape index (κ1) is 13.2. The Kier molecular flexibility index (Phi) is 4.36. The van der Waals surface area contributed by atoms with Crippen molar-refractivity contribution in [2.45, 2.75) is 26.7 Å². The van der Waals surface area contributed by atoms with Crippen molar-refractivity contribution in [3.8, 4) is 0 Å². The number of hydrogen-bond acceptors (Lipinski definition) is 3. The Morgan fingerprint density at radius 2 is 1.94 bits per heavy atom. The van der Waals surface area contributed by atoms with Crippen molar-refractivity contribution in [1.82, 2.24) is 4.90 Å².